The Hall–Kier alpha value is -0.160. The van der Waals surface area contributed by atoms with Crippen LogP contribution in [0.4, 0.5) is 0 Å². The zero-order valence-corrected chi connectivity index (χ0v) is 10.3. The molecule has 1 N–H and O–H groups in total. The second-order valence-electron chi connectivity index (χ2n) is 3.54. The summed E-state index contributed by atoms with van der Waals surface area (Å²) in [6.07, 6.45) is 3.41. The molecule has 0 radical (unpaired) electrons. The van der Waals surface area contributed by atoms with E-state index in [1.807, 2.05) is 7.05 Å². The lowest BCUT2D eigenvalue weighted by Gasteiger charge is -2.14. The van der Waals surface area contributed by atoms with Gasteiger partial charge < -0.3 is 19.5 Å². The summed E-state index contributed by atoms with van der Waals surface area (Å²) in [5.74, 6) is 0. The number of rotatable bonds is 11. The molecular formula is C11H25NO3. The van der Waals surface area contributed by atoms with Gasteiger partial charge in [0.2, 0.25) is 0 Å². The van der Waals surface area contributed by atoms with E-state index in [4.69, 9.17) is 14.2 Å². The van der Waals surface area contributed by atoms with Crippen LogP contribution in [0.25, 0.3) is 0 Å². The van der Waals surface area contributed by atoms with Crippen LogP contribution in [0.3, 0.4) is 0 Å². The third-order valence-corrected chi connectivity index (χ3v) is 2.30. The molecule has 0 fully saturated rings. The van der Waals surface area contributed by atoms with Crippen molar-refractivity contribution < 1.29 is 14.2 Å². The SMILES string of the molecule is CNC(CCCCOCCOC)COC. The maximum Gasteiger partial charge on any atom is 0.0700 e. The number of likely N-dealkylation sites (N-methyl/N-ethyl adjacent to an activating group) is 1. The number of nitrogens with one attached hydrogen (secondary N) is 1. The maximum atomic E-state index is 5.37. The van der Waals surface area contributed by atoms with Crippen LogP contribution >= 0.6 is 0 Å². The molecule has 4 heteroatoms. The largest absolute Gasteiger partial charge is 0.383 e. The van der Waals surface area contributed by atoms with E-state index in [0.29, 0.717) is 19.3 Å². The van der Waals surface area contributed by atoms with Gasteiger partial charge in [0.25, 0.3) is 0 Å². The number of methoxy groups -OCH3 is 2. The molecule has 0 aliphatic rings. The average molecular weight is 219 g/mol. The van der Waals surface area contributed by atoms with E-state index in [2.05, 4.69) is 5.32 Å². The molecule has 0 saturated heterocycles. The predicted molar refractivity (Wildman–Crippen MR) is 61.3 cm³/mol. The highest BCUT2D eigenvalue weighted by Gasteiger charge is 2.03. The number of unbranched alkanes of at least 4 members (excludes halogenated alkanes) is 1. The highest BCUT2D eigenvalue weighted by atomic mass is 16.5. The minimum Gasteiger partial charge on any atom is -0.383 e. The van der Waals surface area contributed by atoms with Gasteiger partial charge in [0.15, 0.2) is 0 Å². The lowest BCUT2D eigenvalue weighted by molar-refractivity contribution is 0.0679. The zero-order valence-electron chi connectivity index (χ0n) is 10.3. The van der Waals surface area contributed by atoms with Crippen molar-refractivity contribution >= 4 is 0 Å². The van der Waals surface area contributed by atoms with Gasteiger partial charge in [0, 0.05) is 26.9 Å². The molecule has 0 aromatic carbocycles. The normalized spacial score (nSPS) is 13.0. The van der Waals surface area contributed by atoms with Crippen LogP contribution in [-0.2, 0) is 14.2 Å². The molecule has 0 rings (SSSR count). The van der Waals surface area contributed by atoms with Crippen LogP contribution in [0.5, 0.6) is 0 Å². The Bertz CT molecular complexity index is 122. The molecule has 92 valence electrons. The summed E-state index contributed by atoms with van der Waals surface area (Å²) in [6, 6.07) is 0.467. The quantitative estimate of drug-likeness (QED) is 0.527. The first-order chi connectivity index (χ1) is 7.35. The second kappa shape index (κ2) is 11.9. The average Bonchev–Trinajstić information content (AvgIpc) is 2.26. The first-order valence-corrected chi connectivity index (χ1v) is 5.58. The van der Waals surface area contributed by atoms with Gasteiger partial charge in [-0.2, -0.15) is 0 Å². The van der Waals surface area contributed by atoms with Gasteiger partial charge in [-0.1, -0.05) is 0 Å². The molecule has 1 atom stereocenters. The summed E-state index contributed by atoms with van der Waals surface area (Å²) in [4.78, 5) is 0. The molecule has 0 spiro atoms. The lowest BCUT2D eigenvalue weighted by Crippen LogP contribution is -2.29. The third-order valence-electron chi connectivity index (χ3n) is 2.30. The van der Waals surface area contributed by atoms with Crippen molar-refractivity contribution in [3.8, 4) is 0 Å². The highest BCUT2D eigenvalue weighted by molar-refractivity contribution is 4.62. The van der Waals surface area contributed by atoms with Gasteiger partial charge in [0.1, 0.15) is 0 Å². The summed E-state index contributed by atoms with van der Waals surface area (Å²) >= 11 is 0. The van der Waals surface area contributed by atoms with E-state index in [1.54, 1.807) is 14.2 Å². The second-order valence-corrected chi connectivity index (χ2v) is 3.54. The number of ether oxygens (including phenoxy) is 3. The van der Waals surface area contributed by atoms with Crippen molar-refractivity contribution in [3.63, 3.8) is 0 Å². The van der Waals surface area contributed by atoms with Gasteiger partial charge in [-0.3, -0.25) is 0 Å². The number of hydrogen-bond donors (Lipinski definition) is 1. The zero-order chi connectivity index (χ0) is 11.4. The maximum absolute atomic E-state index is 5.37. The lowest BCUT2D eigenvalue weighted by atomic mass is 10.1. The first kappa shape index (κ1) is 14.8. The van der Waals surface area contributed by atoms with Crippen LogP contribution in [-0.4, -0.2) is 53.7 Å². The molecule has 0 aromatic rings. The fourth-order valence-electron chi connectivity index (χ4n) is 1.35. The number of hydrogen-bond acceptors (Lipinski definition) is 4. The van der Waals surface area contributed by atoms with E-state index < -0.39 is 0 Å². The van der Waals surface area contributed by atoms with Crippen molar-refractivity contribution in [3.05, 3.63) is 0 Å². The van der Waals surface area contributed by atoms with Crippen molar-refractivity contribution in [2.45, 2.75) is 25.3 Å². The Labute approximate surface area is 93.3 Å². The van der Waals surface area contributed by atoms with Crippen molar-refractivity contribution in [2.75, 3.05) is 47.7 Å². The molecular weight excluding hydrogens is 194 g/mol. The van der Waals surface area contributed by atoms with E-state index in [9.17, 15) is 0 Å². The summed E-state index contributed by atoms with van der Waals surface area (Å²) in [6.45, 7) is 2.99. The standard InChI is InChI=1S/C11H25NO3/c1-12-11(10-14-3)6-4-5-7-15-9-8-13-2/h11-12H,4-10H2,1-3H3. The van der Waals surface area contributed by atoms with Crippen LogP contribution in [0, 0.1) is 0 Å². The van der Waals surface area contributed by atoms with E-state index >= 15 is 0 Å². The van der Waals surface area contributed by atoms with E-state index in [1.165, 1.54) is 6.42 Å². The molecule has 0 aliphatic heterocycles. The van der Waals surface area contributed by atoms with Crippen LogP contribution < -0.4 is 5.32 Å². The molecule has 1 unspecified atom stereocenters. The van der Waals surface area contributed by atoms with Crippen molar-refractivity contribution in [2.24, 2.45) is 0 Å². The van der Waals surface area contributed by atoms with Gasteiger partial charge in [-0.15, -0.1) is 0 Å². The topological polar surface area (TPSA) is 39.7 Å². The van der Waals surface area contributed by atoms with E-state index in [-0.39, 0.29) is 0 Å². The molecule has 4 nitrogen and oxygen atoms in total. The van der Waals surface area contributed by atoms with Crippen LogP contribution in [0.15, 0.2) is 0 Å². The van der Waals surface area contributed by atoms with Gasteiger partial charge in [-0.25, -0.2) is 0 Å². The smallest absolute Gasteiger partial charge is 0.0700 e. The van der Waals surface area contributed by atoms with Gasteiger partial charge in [-0.05, 0) is 26.3 Å². The molecule has 0 saturated carbocycles. The summed E-state index contributed by atoms with van der Waals surface area (Å²) < 4.78 is 15.4. The fourth-order valence-corrected chi connectivity index (χ4v) is 1.35. The monoisotopic (exact) mass is 219 g/mol. The first-order valence-electron chi connectivity index (χ1n) is 5.58. The van der Waals surface area contributed by atoms with Crippen molar-refractivity contribution in [1.82, 2.24) is 5.32 Å². The summed E-state index contributed by atoms with van der Waals surface area (Å²) in [7, 11) is 5.39. The predicted octanol–water partition coefficient (Wildman–Crippen LogP) is 1.05. The Kier molecular flexibility index (Phi) is 11.8. The minimum atomic E-state index is 0.467. The third kappa shape index (κ3) is 10.1. The summed E-state index contributed by atoms with van der Waals surface area (Å²) in [5, 5.41) is 3.23. The Morgan fingerprint density at radius 2 is 1.80 bits per heavy atom. The Morgan fingerprint density at radius 3 is 2.40 bits per heavy atom. The van der Waals surface area contributed by atoms with Gasteiger partial charge >= 0.3 is 0 Å². The minimum absolute atomic E-state index is 0.467. The van der Waals surface area contributed by atoms with Gasteiger partial charge in [0.05, 0.1) is 19.8 Å². The highest BCUT2D eigenvalue weighted by Crippen LogP contribution is 2.01. The molecule has 0 amide bonds. The fraction of sp³-hybridized carbons (Fsp3) is 1.00. The van der Waals surface area contributed by atoms with E-state index in [0.717, 1.165) is 26.1 Å². The van der Waals surface area contributed by atoms with Crippen LogP contribution in [0.1, 0.15) is 19.3 Å². The van der Waals surface area contributed by atoms with Crippen molar-refractivity contribution in [1.29, 1.82) is 0 Å². The Morgan fingerprint density at radius 1 is 1.00 bits per heavy atom. The molecule has 0 aromatic heterocycles. The Balaban J connectivity index is 3.14. The molecule has 15 heavy (non-hydrogen) atoms. The molecule has 0 aliphatic carbocycles. The molecule has 0 heterocycles. The summed E-state index contributed by atoms with van der Waals surface area (Å²) in [5.41, 5.74) is 0. The molecule has 0 bridgehead atoms. The van der Waals surface area contributed by atoms with Crippen LogP contribution in [0.2, 0.25) is 0 Å².